The fourth-order valence-electron chi connectivity index (χ4n) is 2.80. The van der Waals surface area contributed by atoms with Gasteiger partial charge < -0.3 is 15.5 Å². The van der Waals surface area contributed by atoms with Crippen LogP contribution in [0.1, 0.15) is 13.8 Å². The standard InChI is InChI=1S/C16H24N4/c1-5-20(12(2)11-19(3)4)16-7-6-15(17)13-8-9-18-10-14(13)16/h6-10,12H,5,11,17H2,1-4H3. The van der Waals surface area contributed by atoms with Crippen LogP contribution in [0.3, 0.4) is 0 Å². The molecule has 0 spiro atoms. The van der Waals surface area contributed by atoms with Crippen molar-refractivity contribution in [1.82, 2.24) is 9.88 Å². The molecule has 0 saturated carbocycles. The third-order valence-corrected chi connectivity index (χ3v) is 3.64. The SMILES string of the molecule is CCN(c1ccc(N)c2ccncc12)C(C)CN(C)C. The summed E-state index contributed by atoms with van der Waals surface area (Å²) in [6.07, 6.45) is 3.70. The quantitative estimate of drug-likeness (QED) is 0.850. The molecule has 0 saturated heterocycles. The summed E-state index contributed by atoms with van der Waals surface area (Å²) in [5.74, 6) is 0. The van der Waals surface area contributed by atoms with Crippen molar-refractivity contribution in [1.29, 1.82) is 0 Å². The van der Waals surface area contributed by atoms with Gasteiger partial charge in [-0.2, -0.15) is 0 Å². The second kappa shape index (κ2) is 6.09. The Morgan fingerprint density at radius 3 is 2.60 bits per heavy atom. The first kappa shape index (κ1) is 14.6. The molecule has 0 aliphatic carbocycles. The van der Waals surface area contributed by atoms with Gasteiger partial charge in [0, 0.05) is 53.7 Å². The highest BCUT2D eigenvalue weighted by molar-refractivity contribution is 6.00. The van der Waals surface area contributed by atoms with Crippen LogP contribution < -0.4 is 10.6 Å². The lowest BCUT2D eigenvalue weighted by molar-refractivity contribution is 0.373. The van der Waals surface area contributed by atoms with Gasteiger partial charge in [-0.15, -0.1) is 0 Å². The highest BCUT2D eigenvalue weighted by Gasteiger charge is 2.16. The van der Waals surface area contributed by atoms with Crippen LogP contribution in [0.25, 0.3) is 10.8 Å². The summed E-state index contributed by atoms with van der Waals surface area (Å²) < 4.78 is 0. The molecule has 1 aromatic heterocycles. The largest absolute Gasteiger partial charge is 0.398 e. The summed E-state index contributed by atoms with van der Waals surface area (Å²) in [5, 5.41) is 2.20. The predicted molar refractivity (Wildman–Crippen MR) is 87.2 cm³/mol. The Balaban J connectivity index is 2.47. The summed E-state index contributed by atoms with van der Waals surface area (Å²) >= 11 is 0. The van der Waals surface area contributed by atoms with Gasteiger partial charge in [-0.1, -0.05) is 0 Å². The summed E-state index contributed by atoms with van der Waals surface area (Å²) in [7, 11) is 4.21. The second-order valence-corrected chi connectivity index (χ2v) is 5.49. The number of likely N-dealkylation sites (N-methyl/N-ethyl adjacent to an activating group) is 2. The summed E-state index contributed by atoms with van der Waals surface area (Å²) in [6.45, 7) is 6.41. The maximum atomic E-state index is 6.07. The van der Waals surface area contributed by atoms with E-state index < -0.39 is 0 Å². The number of nitrogens with two attached hydrogens (primary N) is 1. The van der Waals surface area contributed by atoms with E-state index in [9.17, 15) is 0 Å². The molecule has 2 rings (SSSR count). The zero-order chi connectivity index (χ0) is 14.7. The molecular formula is C16H24N4. The van der Waals surface area contributed by atoms with Gasteiger partial charge in [-0.05, 0) is 46.1 Å². The van der Waals surface area contributed by atoms with Gasteiger partial charge in [0.2, 0.25) is 0 Å². The Morgan fingerprint density at radius 2 is 1.95 bits per heavy atom. The molecule has 1 unspecified atom stereocenters. The number of nitrogens with zero attached hydrogens (tertiary/aromatic N) is 3. The van der Waals surface area contributed by atoms with Crippen LogP contribution in [-0.4, -0.2) is 43.1 Å². The first-order valence-electron chi connectivity index (χ1n) is 7.08. The van der Waals surface area contributed by atoms with E-state index in [4.69, 9.17) is 5.73 Å². The van der Waals surface area contributed by atoms with E-state index >= 15 is 0 Å². The average molecular weight is 272 g/mol. The normalized spacial score (nSPS) is 12.8. The molecule has 2 N–H and O–H groups in total. The molecular weight excluding hydrogens is 248 g/mol. The Morgan fingerprint density at radius 1 is 1.20 bits per heavy atom. The molecule has 0 aliphatic heterocycles. The van der Waals surface area contributed by atoms with Gasteiger partial charge in [-0.25, -0.2) is 0 Å². The first-order chi connectivity index (χ1) is 9.54. The van der Waals surface area contributed by atoms with Crippen molar-refractivity contribution in [3.8, 4) is 0 Å². The zero-order valence-corrected chi connectivity index (χ0v) is 12.8. The molecule has 108 valence electrons. The first-order valence-corrected chi connectivity index (χ1v) is 7.08. The minimum absolute atomic E-state index is 0.432. The molecule has 2 aromatic rings. The van der Waals surface area contributed by atoms with Crippen LogP contribution >= 0.6 is 0 Å². The molecule has 0 amide bonds. The number of hydrogen-bond donors (Lipinski definition) is 1. The van der Waals surface area contributed by atoms with Gasteiger partial charge in [0.05, 0.1) is 0 Å². The van der Waals surface area contributed by atoms with E-state index in [0.717, 1.165) is 29.5 Å². The number of aromatic nitrogens is 1. The van der Waals surface area contributed by atoms with Gasteiger partial charge in [0.25, 0.3) is 0 Å². The minimum atomic E-state index is 0.432. The van der Waals surface area contributed by atoms with Crippen molar-refractivity contribution >= 4 is 22.1 Å². The Hall–Kier alpha value is -1.81. The fourth-order valence-corrected chi connectivity index (χ4v) is 2.80. The number of pyridine rings is 1. The third kappa shape index (κ3) is 2.85. The topological polar surface area (TPSA) is 45.4 Å². The molecule has 4 nitrogen and oxygen atoms in total. The number of nitrogen functional groups attached to an aromatic ring is 1. The summed E-state index contributed by atoms with van der Waals surface area (Å²) in [4.78, 5) is 8.88. The van der Waals surface area contributed by atoms with Gasteiger partial charge in [0.15, 0.2) is 0 Å². The van der Waals surface area contributed by atoms with Crippen LogP contribution in [-0.2, 0) is 0 Å². The van der Waals surface area contributed by atoms with Crippen LogP contribution in [0.4, 0.5) is 11.4 Å². The van der Waals surface area contributed by atoms with E-state index in [0.29, 0.717) is 6.04 Å². The van der Waals surface area contributed by atoms with Crippen LogP contribution in [0.2, 0.25) is 0 Å². The van der Waals surface area contributed by atoms with E-state index in [-0.39, 0.29) is 0 Å². The number of hydrogen-bond acceptors (Lipinski definition) is 4. The Labute approximate surface area is 121 Å². The highest BCUT2D eigenvalue weighted by atomic mass is 15.2. The van der Waals surface area contributed by atoms with Crippen LogP contribution in [0.5, 0.6) is 0 Å². The predicted octanol–water partition coefficient (Wildman–Crippen LogP) is 2.59. The van der Waals surface area contributed by atoms with E-state index in [1.807, 2.05) is 18.3 Å². The average Bonchev–Trinajstić information content (AvgIpc) is 2.41. The summed E-state index contributed by atoms with van der Waals surface area (Å²) in [6, 6.07) is 6.51. The fraction of sp³-hybridized carbons (Fsp3) is 0.438. The molecule has 1 aromatic carbocycles. The molecule has 0 radical (unpaired) electrons. The van der Waals surface area contributed by atoms with Crippen LogP contribution in [0.15, 0.2) is 30.6 Å². The van der Waals surface area contributed by atoms with E-state index in [2.05, 4.69) is 48.8 Å². The van der Waals surface area contributed by atoms with Gasteiger partial charge >= 0.3 is 0 Å². The molecule has 1 atom stereocenters. The molecule has 0 fully saturated rings. The lowest BCUT2D eigenvalue weighted by Gasteiger charge is -2.33. The molecule has 0 aliphatic rings. The second-order valence-electron chi connectivity index (χ2n) is 5.49. The van der Waals surface area contributed by atoms with Crippen molar-refractivity contribution in [3.63, 3.8) is 0 Å². The van der Waals surface area contributed by atoms with Crippen molar-refractivity contribution in [3.05, 3.63) is 30.6 Å². The maximum Gasteiger partial charge on any atom is 0.0465 e. The zero-order valence-electron chi connectivity index (χ0n) is 12.8. The molecule has 1 heterocycles. The smallest absolute Gasteiger partial charge is 0.0465 e. The van der Waals surface area contributed by atoms with Crippen molar-refractivity contribution in [2.45, 2.75) is 19.9 Å². The Kier molecular flexibility index (Phi) is 4.45. The van der Waals surface area contributed by atoms with Crippen molar-refractivity contribution < 1.29 is 0 Å². The van der Waals surface area contributed by atoms with E-state index in [1.54, 1.807) is 6.20 Å². The monoisotopic (exact) mass is 272 g/mol. The van der Waals surface area contributed by atoms with Crippen molar-refractivity contribution in [2.24, 2.45) is 0 Å². The van der Waals surface area contributed by atoms with Gasteiger partial charge in [0.1, 0.15) is 0 Å². The van der Waals surface area contributed by atoms with Crippen molar-refractivity contribution in [2.75, 3.05) is 37.8 Å². The summed E-state index contributed by atoms with van der Waals surface area (Å²) in [5.41, 5.74) is 8.08. The maximum absolute atomic E-state index is 6.07. The number of rotatable bonds is 5. The molecule has 0 bridgehead atoms. The van der Waals surface area contributed by atoms with Gasteiger partial charge in [-0.3, -0.25) is 4.98 Å². The third-order valence-electron chi connectivity index (χ3n) is 3.64. The molecule has 20 heavy (non-hydrogen) atoms. The minimum Gasteiger partial charge on any atom is -0.398 e. The van der Waals surface area contributed by atoms with Crippen LogP contribution in [0, 0.1) is 0 Å². The number of benzene rings is 1. The number of anilines is 2. The van der Waals surface area contributed by atoms with E-state index in [1.165, 1.54) is 5.69 Å². The lowest BCUT2D eigenvalue weighted by Crippen LogP contribution is -2.40. The molecule has 4 heteroatoms. The Bertz CT molecular complexity index is 580. The highest BCUT2D eigenvalue weighted by Crippen LogP contribution is 2.31. The number of fused-ring (bicyclic) bond motifs is 1. The lowest BCUT2D eigenvalue weighted by atomic mass is 10.1.